The van der Waals surface area contributed by atoms with E-state index in [2.05, 4.69) is 0 Å². The van der Waals surface area contributed by atoms with Crippen molar-refractivity contribution < 1.29 is 23.5 Å². The van der Waals surface area contributed by atoms with Crippen molar-refractivity contribution in [1.29, 1.82) is 0 Å². The summed E-state index contributed by atoms with van der Waals surface area (Å²) < 4.78 is 23.5. The number of benzene rings is 1. The highest BCUT2D eigenvalue weighted by Crippen LogP contribution is 2.22. The lowest BCUT2D eigenvalue weighted by molar-refractivity contribution is -0.146. The maximum Gasteiger partial charge on any atom is 0.308 e. The summed E-state index contributed by atoms with van der Waals surface area (Å²) in [5.41, 5.74) is 0.0207. The molecule has 1 aliphatic rings. The van der Waals surface area contributed by atoms with Gasteiger partial charge in [0, 0.05) is 19.2 Å². The van der Waals surface area contributed by atoms with Crippen LogP contribution in [0.2, 0.25) is 0 Å². The minimum Gasteiger partial charge on any atom is -0.497 e. The van der Waals surface area contributed by atoms with Crippen molar-refractivity contribution in [3.05, 3.63) is 29.6 Å². The third kappa shape index (κ3) is 3.32. The van der Waals surface area contributed by atoms with Gasteiger partial charge in [0.05, 0.1) is 25.7 Å². The number of hydrogen-bond acceptors (Lipinski definition) is 4. The van der Waals surface area contributed by atoms with E-state index >= 15 is 0 Å². The summed E-state index contributed by atoms with van der Waals surface area (Å²) in [4.78, 5) is 25.3. The normalized spacial score (nSPS) is 15.7. The van der Waals surface area contributed by atoms with E-state index < -0.39 is 5.82 Å². The number of carbonyl (C=O) groups is 2. The molecule has 0 aliphatic carbocycles. The van der Waals surface area contributed by atoms with Gasteiger partial charge in [-0.15, -0.1) is 0 Å². The number of likely N-dealkylation sites (tertiary alicyclic amines) is 1. The first-order valence-electron chi connectivity index (χ1n) is 6.77. The van der Waals surface area contributed by atoms with Gasteiger partial charge < -0.3 is 14.4 Å². The maximum absolute atomic E-state index is 13.9. The van der Waals surface area contributed by atoms with Crippen molar-refractivity contribution in [1.82, 2.24) is 4.90 Å². The summed E-state index contributed by atoms with van der Waals surface area (Å²) in [7, 11) is 2.79. The molecule has 0 aromatic heterocycles. The second kappa shape index (κ2) is 6.56. The first-order chi connectivity index (χ1) is 10.1. The Bertz CT molecular complexity index is 538. The molecule has 0 atom stereocenters. The lowest BCUT2D eigenvalue weighted by Gasteiger charge is -2.30. The summed E-state index contributed by atoms with van der Waals surface area (Å²) in [6.07, 6.45) is 1.08. The van der Waals surface area contributed by atoms with Gasteiger partial charge in [-0.3, -0.25) is 9.59 Å². The van der Waals surface area contributed by atoms with Crippen LogP contribution in [0.25, 0.3) is 0 Å². The van der Waals surface area contributed by atoms with Gasteiger partial charge in [-0.05, 0) is 25.0 Å². The molecule has 0 radical (unpaired) electrons. The third-order valence-corrected chi connectivity index (χ3v) is 3.72. The number of carbonyl (C=O) groups excluding carboxylic acids is 2. The molecule has 6 heteroatoms. The number of methoxy groups -OCH3 is 2. The second-order valence-electron chi connectivity index (χ2n) is 4.94. The summed E-state index contributed by atoms with van der Waals surface area (Å²) in [6.45, 7) is 0.841. The highest BCUT2D eigenvalue weighted by molar-refractivity contribution is 5.94. The van der Waals surface area contributed by atoms with E-state index in [1.165, 1.54) is 26.4 Å². The zero-order valence-corrected chi connectivity index (χ0v) is 12.1. The first-order valence-corrected chi connectivity index (χ1v) is 6.77. The topological polar surface area (TPSA) is 55.8 Å². The minimum atomic E-state index is -0.602. The van der Waals surface area contributed by atoms with E-state index in [-0.39, 0.29) is 23.4 Å². The van der Waals surface area contributed by atoms with E-state index in [4.69, 9.17) is 9.47 Å². The fourth-order valence-corrected chi connectivity index (χ4v) is 2.45. The fraction of sp³-hybridized carbons (Fsp3) is 0.467. The predicted octanol–water partition coefficient (Wildman–Crippen LogP) is 1.86. The summed E-state index contributed by atoms with van der Waals surface area (Å²) >= 11 is 0. The molecule has 114 valence electrons. The summed E-state index contributed by atoms with van der Waals surface area (Å²) in [5.74, 6) is -1.03. The van der Waals surface area contributed by atoms with Crippen molar-refractivity contribution in [2.45, 2.75) is 12.8 Å². The van der Waals surface area contributed by atoms with Crippen LogP contribution in [0, 0.1) is 11.7 Å². The lowest BCUT2D eigenvalue weighted by atomic mass is 9.96. The minimum absolute atomic E-state index is 0.0207. The average molecular weight is 295 g/mol. The maximum atomic E-state index is 13.9. The molecule has 0 unspecified atom stereocenters. The van der Waals surface area contributed by atoms with Crippen LogP contribution in [0.1, 0.15) is 23.2 Å². The average Bonchev–Trinajstić information content (AvgIpc) is 2.53. The molecule has 0 spiro atoms. The van der Waals surface area contributed by atoms with Gasteiger partial charge in [0.2, 0.25) is 0 Å². The Hall–Kier alpha value is -2.11. The molecule has 0 N–H and O–H groups in total. The second-order valence-corrected chi connectivity index (χ2v) is 4.94. The number of halogens is 1. The number of esters is 1. The Morgan fingerprint density at radius 1 is 1.24 bits per heavy atom. The number of hydrogen-bond donors (Lipinski definition) is 0. The highest BCUT2D eigenvalue weighted by Gasteiger charge is 2.29. The van der Waals surface area contributed by atoms with Gasteiger partial charge >= 0.3 is 5.97 Å². The Kier molecular flexibility index (Phi) is 4.77. The number of amides is 1. The van der Waals surface area contributed by atoms with E-state index in [1.54, 1.807) is 11.0 Å². The largest absolute Gasteiger partial charge is 0.497 e. The molecule has 1 amide bonds. The van der Waals surface area contributed by atoms with Crippen LogP contribution in [0.15, 0.2) is 18.2 Å². The zero-order valence-electron chi connectivity index (χ0n) is 12.1. The summed E-state index contributed by atoms with van der Waals surface area (Å²) in [6, 6.07) is 4.16. The monoisotopic (exact) mass is 295 g/mol. The summed E-state index contributed by atoms with van der Waals surface area (Å²) in [5, 5.41) is 0. The van der Waals surface area contributed by atoms with E-state index in [0.29, 0.717) is 31.7 Å². The fourth-order valence-electron chi connectivity index (χ4n) is 2.45. The standard InChI is InChI=1S/C15H18FNO4/c1-20-11-3-4-12(13(16)9-11)14(18)17-7-5-10(6-8-17)15(19)21-2/h3-4,9-10H,5-8H2,1-2H3. The Morgan fingerprint density at radius 2 is 1.90 bits per heavy atom. The van der Waals surface area contributed by atoms with Crippen LogP contribution < -0.4 is 4.74 Å². The smallest absolute Gasteiger partial charge is 0.308 e. The van der Waals surface area contributed by atoms with Crippen LogP contribution in [-0.4, -0.2) is 44.1 Å². The van der Waals surface area contributed by atoms with Crippen molar-refractivity contribution in [3.63, 3.8) is 0 Å². The van der Waals surface area contributed by atoms with Gasteiger partial charge in [0.1, 0.15) is 11.6 Å². The van der Waals surface area contributed by atoms with Crippen molar-refractivity contribution in [3.8, 4) is 5.75 Å². The highest BCUT2D eigenvalue weighted by atomic mass is 19.1. The van der Waals surface area contributed by atoms with Crippen molar-refractivity contribution in [2.24, 2.45) is 5.92 Å². The molecular weight excluding hydrogens is 277 g/mol. The molecule has 1 saturated heterocycles. The first kappa shape index (κ1) is 15.3. The molecule has 0 bridgehead atoms. The molecule has 5 nitrogen and oxygen atoms in total. The van der Waals surface area contributed by atoms with Crippen LogP contribution in [-0.2, 0) is 9.53 Å². The molecule has 21 heavy (non-hydrogen) atoms. The number of nitrogens with zero attached hydrogens (tertiary/aromatic N) is 1. The van der Waals surface area contributed by atoms with Gasteiger partial charge in [-0.2, -0.15) is 0 Å². The van der Waals surface area contributed by atoms with Gasteiger partial charge in [0.25, 0.3) is 5.91 Å². The van der Waals surface area contributed by atoms with Gasteiger partial charge in [0.15, 0.2) is 0 Å². The van der Waals surface area contributed by atoms with Crippen molar-refractivity contribution in [2.75, 3.05) is 27.3 Å². The Labute approximate surface area is 122 Å². The van der Waals surface area contributed by atoms with Crippen LogP contribution in [0.4, 0.5) is 4.39 Å². The molecular formula is C15H18FNO4. The van der Waals surface area contributed by atoms with E-state index in [0.717, 1.165) is 0 Å². The molecule has 0 saturated carbocycles. The van der Waals surface area contributed by atoms with Gasteiger partial charge in [-0.1, -0.05) is 0 Å². The molecule has 1 fully saturated rings. The molecule has 1 aliphatic heterocycles. The van der Waals surface area contributed by atoms with E-state index in [1.807, 2.05) is 0 Å². The van der Waals surface area contributed by atoms with Crippen LogP contribution >= 0.6 is 0 Å². The van der Waals surface area contributed by atoms with Crippen LogP contribution in [0.5, 0.6) is 5.75 Å². The van der Waals surface area contributed by atoms with Gasteiger partial charge in [-0.25, -0.2) is 4.39 Å². The van der Waals surface area contributed by atoms with Crippen molar-refractivity contribution >= 4 is 11.9 Å². The van der Waals surface area contributed by atoms with Crippen LogP contribution in [0.3, 0.4) is 0 Å². The zero-order chi connectivity index (χ0) is 15.4. The van der Waals surface area contributed by atoms with E-state index in [9.17, 15) is 14.0 Å². The molecule has 1 aromatic carbocycles. The molecule has 2 rings (SSSR count). The molecule has 1 aromatic rings. The molecule has 1 heterocycles. The SMILES string of the molecule is COC(=O)C1CCN(C(=O)c2ccc(OC)cc2F)CC1. The number of piperidine rings is 1. The quantitative estimate of drug-likeness (QED) is 0.799. The lowest BCUT2D eigenvalue weighted by Crippen LogP contribution is -2.40. The third-order valence-electron chi connectivity index (χ3n) is 3.72. The predicted molar refractivity (Wildman–Crippen MR) is 73.6 cm³/mol. The Balaban J connectivity index is 2.03. The Morgan fingerprint density at radius 3 is 2.43 bits per heavy atom. The number of rotatable bonds is 3. The number of ether oxygens (including phenoxy) is 2.